The van der Waals surface area contributed by atoms with Gasteiger partial charge in [-0.25, -0.2) is 4.79 Å². The molecule has 1 aliphatic rings. The molecule has 0 spiro atoms. The lowest BCUT2D eigenvalue weighted by atomic mass is 10.0. The van der Waals surface area contributed by atoms with Gasteiger partial charge < -0.3 is 14.9 Å². The second-order valence-electron chi connectivity index (χ2n) is 6.25. The Morgan fingerprint density at radius 2 is 1.85 bits per heavy atom. The number of hydrogen-bond acceptors (Lipinski definition) is 6. The van der Waals surface area contributed by atoms with E-state index < -0.39 is 35.8 Å². The molecular formula is C18H17N4O5-. The summed E-state index contributed by atoms with van der Waals surface area (Å²) in [5.74, 6) is -4.28. The predicted octanol–water partition coefficient (Wildman–Crippen LogP) is -0.434. The lowest BCUT2D eigenvalue weighted by Crippen LogP contribution is -2.57. The molecule has 1 atom stereocenters. The van der Waals surface area contributed by atoms with Crippen LogP contribution in [0, 0.1) is 5.92 Å². The van der Waals surface area contributed by atoms with E-state index in [0.717, 1.165) is 32.5 Å². The van der Waals surface area contributed by atoms with Crippen molar-refractivity contribution >= 4 is 40.9 Å². The quantitative estimate of drug-likeness (QED) is 0.565. The number of carboxylic acids is 1. The molecular weight excluding hydrogens is 352 g/mol. The Kier molecular flexibility index (Phi) is 4.76. The average molecular weight is 369 g/mol. The number of aromatic nitrogens is 1. The number of aliphatic carboxylic acids is 1. The number of urea groups is 1. The fraction of sp³-hybridized carbons (Fsp3) is 0.278. The first-order chi connectivity index (χ1) is 12.8. The molecule has 9 heteroatoms. The first-order valence-corrected chi connectivity index (χ1v) is 8.19. The minimum absolute atomic E-state index is 0.0303. The van der Waals surface area contributed by atoms with Gasteiger partial charge in [-0.3, -0.25) is 24.4 Å². The molecule has 1 aromatic carbocycles. The largest absolute Gasteiger partial charge is 0.548 e. The normalized spacial score (nSPS) is 17.3. The van der Waals surface area contributed by atoms with E-state index in [1.807, 2.05) is 24.3 Å². The topological polar surface area (TPSA) is 126 Å². The molecule has 2 heterocycles. The maximum atomic E-state index is 12.2. The standard InChI is InChI=1S/C18H18N4O5/c1-21-15(23)12(16(24)22(2)18(21)27)9-20-14(17(25)26)7-10-8-19-13-6-4-3-5-11(10)13/h3-6,8-9,12,14,19H,7H2,1-2H3,(H,25,26)/p-1/t14-/m1/s1. The highest BCUT2D eigenvalue weighted by molar-refractivity contribution is 6.23. The Bertz CT molecular complexity index is 940. The van der Waals surface area contributed by atoms with Crippen LogP contribution in [0.5, 0.6) is 0 Å². The Morgan fingerprint density at radius 3 is 2.48 bits per heavy atom. The Hall–Kier alpha value is -3.49. The first kappa shape index (κ1) is 18.3. The molecule has 0 saturated carbocycles. The van der Waals surface area contributed by atoms with Crippen molar-refractivity contribution in [2.24, 2.45) is 10.9 Å². The molecule has 140 valence electrons. The van der Waals surface area contributed by atoms with Crippen LogP contribution in [0.4, 0.5) is 4.79 Å². The number of nitrogens with zero attached hydrogens (tertiary/aromatic N) is 3. The number of aromatic amines is 1. The molecule has 1 saturated heterocycles. The van der Waals surface area contributed by atoms with Crippen molar-refractivity contribution in [3.05, 3.63) is 36.0 Å². The lowest BCUT2D eigenvalue weighted by molar-refractivity contribution is -0.307. The fourth-order valence-electron chi connectivity index (χ4n) is 2.96. The number of fused-ring (bicyclic) bond motifs is 1. The molecule has 1 aliphatic heterocycles. The molecule has 27 heavy (non-hydrogen) atoms. The molecule has 3 rings (SSSR count). The van der Waals surface area contributed by atoms with Gasteiger partial charge in [0, 0.05) is 43.8 Å². The van der Waals surface area contributed by atoms with Crippen molar-refractivity contribution in [2.45, 2.75) is 12.5 Å². The predicted molar refractivity (Wildman–Crippen MR) is 93.7 cm³/mol. The monoisotopic (exact) mass is 369 g/mol. The van der Waals surface area contributed by atoms with Crippen molar-refractivity contribution in [2.75, 3.05) is 14.1 Å². The highest BCUT2D eigenvalue weighted by Crippen LogP contribution is 2.20. The van der Waals surface area contributed by atoms with Crippen LogP contribution in [-0.2, 0) is 20.8 Å². The summed E-state index contributed by atoms with van der Waals surface area (Å²) in [5.41, 5.74) is 1.58. The first-order valence-electron chi connectivity index (χ1n) is 8.19. The number of para-hydroxylation sites is 1. The van der Waals surface area contributed by atoms with Crippen LogP contribution in [0.1, 0.15) is 5.56 Å². The van der Waals surface area contributed by atoms with E-state index in [9.17, 15) is 24.3 Å². The number of barbiturate groups is 1. The van der Waals surface area contributed by atoms with Gasteiger partial charge in [0.1, 0.15) is 0 Å². The van der Waals surface area contributed by atoms with E-state index in [1.54, 1.807) is 6.20 Å². The maximum absolute atomic E-state index is 12.2. The third kappa shape index (κ3) is 3.31. The minimum Gasteiger partial charge on any atom is -0.548 e. The summed E-state index contributed by atoms with van der Waals surface area (Å²) >= 11 is 0. The number of carbonyl (C=O) groups is 4. The third-order valence-corrected chi connectivity index (χ3v) is 4.54. The number of imide groups is 2. The van der Waals surface area contributed by atoms with E-state index in [2.05, 4.69) is 9.98 Å². The molecule has 1 fully saturated rings. The maximum Gasteiger partial charge on any atom is 0.332 e. The van der Waals surface area contributed by atoms with Crippen LogP contribution in [0.25, 0.3) is 10.9 Å². The van der Waals surface area contributed by atoms with Crippen LogP contribution < -0.4 is 5.11 Å². The van der Waals surface area contributed by atoms with E-state index in [0.29, 0.717) is 0 Å². The van der Waals surface area contributed by atoms with Gasteiger partial charge >= 0.3 is 6.03 Å². The van der Waals surface area contributed by atoms with Crippen molar-refractivity contribution < 1.29 is 24.3 Å². The van der Waals surface area contributed by atoms with Gasteiger partial charge in [0.15, 0.2) is 5.92 Å². The molecule has 0 aliphatic carbocycles. The highest BCUT2D eigenvalue weighted by atomic mass is 16.4. The van der Waals surface area contributed by atoms with Gasteiger partial charge in [0.05, 0.1) is 12.0 Å². The SMILES string of the molecule is CN1C(=O)C(C=N[C@H](Cc2c[nH]c3ccccc23)C(=O)[O-])C(=O)N(C)C1=O. The highest BCUT2D eigenvalue weighted by Gasteiger charge is 2.41. The molecule has 4 amide bonds. The second-order valence-corrected chi connectivity index (χ2v) is 6.25. The van der Waals surface area contributed by atoms with Gasteiger partial charge in [-0.2, -0.15) is 0 Å². The van der Waals surface area contributed by atoms with Crippen LogP contribution in [0.15, 0.2) is 35.5 Å². The number of hydrogen-bond donors (Lipinski definition) is 1. The number of rotatable bonds is 5. The molecule has 0 unspecified atom stereocenters. The molecule has 1 N–H and O–H groups in total. The van der Waals surface area contributed by atoms with Crippen LogP contribution in [-0.4, -0.2) is 65.0 Å². The van der Waals surface area contributed by atoms with Crippen LogP contribution in [0.2, 0.25) is 0 Å². The Balaban J connectivity index is 1.84. The van der Waals surface area contributed by atoms with Gasteiger partial charge in [0.2, 0.25) is 11.8 Å². The van der Waals surface area contributed by atoms with Gasteiger partial charge in [-0.05, 0) is 11.6 Å². The zero-order valence-corrected chi connectivity index (χ0v) is 14.7. The third-order valence-electron chi connectivity index (χ3n) is 4.54. The summed E-state index contributed by atoms with van der Waals surface area (Å²) in [4.78, 5) is 56.1. The summed E-state index contributed by atoms with van der Waals surface area (Å²) in [6.45, 7) is 0. The second kappa shape index (κ2) is 7.02. The number of H-pyrrole nitrogens is 1. The number of amides is 4. The summed E-state index contributed by atoms with van der Waals surface area (Å²) < 4.78 is 0. The summed E-state index contributed by atoms with van der Waals surface area (Å²) in [5, 5.41) is 12.4. The molecule has 0 radical (unpaired) electrons. The molecule has 0 bridgehead atoms. The van der Waals surface area contributed by atoms with E-state index >= 15 is 0 Å². The van der Waals surface area contributed by atoms with Crippen molar-refractivity contribution in [1.29, 1.82) is 0 Å². The summed E-state index contributed by atoms with van der Waals surface area (Å²) in [6, 6.07) is 5.37. The van der Waals surface area contributed by atoms with Gasteiger partial charge in [-0.15, -0.1) is 0 Å². The fourth-order valence-corrected chi connectivity index (χ4v) is 2.96. The molecule has 2 aromatic rings. The van der Waals surface area contributed by atoms with Crippen molar-refractivity contribution in [3.63, 3.8) is 0 Å². The van der Waals surface area contributed by atoms with E-state index in [-0.39, 0.29) is 6.42 Å². The van der Waals surface area contributed by atoms with Gasteiger partial charge in [0.25, 0.3) is 0 Å². The number of nitrogens with one attached hydrogen (secondary N) is 1. The Labute approximate surface area is 154 Å². The average Bonchev–Trinajstić information content (AvgIpc) is 3.06. The van der Waals surface area contributed by atoms with Crippen molar-refractivity contribution in [1.82, 2.24) is 14.8 Å². The van der Waals surface area contributed by atoms with Gasteiger partial charge in [-0.1, -0.05) is 18.2 Å². The number of carbonyl (C=O) groups excluding carboxylic acids is 4. The zero-order chi connectivity index (χ0) is 19.7. The Morgan fingerprint density at radius 1 is 1.22 bits per heavy atom. The lowest BCUT2D eigenvalue weighted by Gasteiger charge is -2.31. The number of carboxylic acid groups (broad SMARTS) is 1. The molecule has 1 aromatic heterocycles. The van der Waals surface area contributed by atoms with Crippen LogP contribution >= 0.6 is 0 Å². The van der Waals surface area contributed by atoms with E-state index in [1.165, 1.54) is 14.1 Å². The van der Waals surface area contributed by atoms with Crippen LogP contribution in [0.3, 0.4) is 0 Å². The summed E-state index contributed by atoms with van der Waals surface area (Å²) in [7, 11) is 2.49. The smallest absolute Gasteiger partial charge is 0.332 e. The number of aliphatic imine (C=N–C) groups is 1. The van der Waals surface area contributed by atoms with Crippen molar-refractivity contribution in [3.8, 4) is 0 Å². The minimum atomic E-state index is -1.43. The number of benzene rings is 1. The summed E-state index contributed by atoms with van der Waals surface area (Å²) in [6.07, 6.45) is 2.70. The molecule has 9 nitrogen and oxygen atoms in total. The zero-order valence-electron chi connectivity index (χ0n) is 14.7. The van der Waals surface area contributed by atoms with E-state index in [4.69, 9.17) is 0 Å².